The van der Waals surface area contributed by atoms with Crippen LogP contribution in [0.1, 0.15) is 0 Å². The largest absolute Gasteiger partial charge is 0.460 e. The van der Waals surface area contributed by atoms with Gasteiger partial charge in [0.1, 0.15) is 0 Å². The summed E-state index contributed by atoms with van der Waals surface area (Å²) in [5, 5.41) is 0. The minimum atomic E-state index is -15.4. The van der Waals surface area contributed by atoms with Crippen LogP contribution in [0.5, 0.6) is 0 Å². The molecule has 0 aliphatic rings. The maximum Gasteiger partial charge on any atom is 0.460 e. The molecule has 0 N–H and O–H groups in total. The van der Waals surface area contributed by atoms with E-state index in [1.807, 2.05) is 0 Å². The topological polar surface area (TPSA) is 9.23 Å². The van der Waals surface area contributed by atoms with Gasteiger partial charge in [0, 0.05) is 0 Å². The average Bonchev–Trinajstić information content (AvgIpc) is 0.635. The van der Waals surface area contributed by atoms with Gasteiger partial charge in [-0.2, -0.15) is 360 Å². The van der Waals surface area contributed by atoms with Crippen LogP contribution in [0.15, 0.2) is 0 Å². The van der Waals surface area contributed by atoms with Gasteiger partial charge in [-0.15, -0.1) is 0 Å². The Balaban J connectivity index is 13.3. The van der Waals surface area contributed by atoms with Crippen LogP contribution in [0, 0.1) is 0 Å². The van der Waals surface area contributed by atoms with Crippen molar-refractivity contribution in [2.45, 2.75) is 238 Å². The fourth-order valence-electron chi connectivity index (χ4n) is 8.13. The van der Waals surface area contributed by atoms with Gasteiger partial charge in [0.25, 0.3) is 11.2 Å². The molecule has 740 valence electrons. The standard InChI is InChI=1S/C40F82O/c41-3(42,9(53,54)13(61,62)17(69,70)19(73,74)21(77,78)25(85,86)29(93,94)33(101,102)39(117,118)119)1(7(49,50)35(105,106)107,5(45,46)11(57,58)15(65,66)23(81,82)27(89,90)31(97,98)37(111,112)113)123-2(8(51,52)36(108,109)110,6(47,48)12(59,60)16(67,68)24(83,84)28(91,92)32(99,100)38(114,115)116)4(43,44)10(55,56)14(63,64)18(71,72)20(75,76)22(79,80)26(87,88)30(95,96)34(103,104)40(120,121)122. The summed E-state index contributed by atoms with van der Waals surface area (Å²) in [7, 11) is 0. The Morgan fingerprint density at radius 1 is 0.0650 bits per heavy atom. The molecule has 0 aliphatic heterocycles. The van der Waals surface area contributed by atoms with Crippen molar-refractivity contribution < 1.29 is 365 Å². The molecule has 2 atom stereocenters. The van der Waals surface area contributed by atoms with Crippen molar-refractivity contribution in [3.05, 3.63) is 0 Å². The molecule has 0 aromatic rings. The zero-order chi connectivity index (χ0) is 103. The first-order chi connectivity index (χ1) is 51.2. The molecule has 83 heteroatoms. The lowest BCUT2D eigenvalue weighted by molar-refractivity contribution is -0.574. The molecule has 0 radical (unpaired) electrons. The Hall–Kier alpha value is -5.78. The lowest BCUT2D eigenvalue weighted by Gasteiger charge is -2.60. The lowest BCUT2D eigenvalue weighted by atomic mass is 9.67. The molecule has 0 amide bonds. The second kappa shape index (κ2) is 27.9. The highest BCUT2D eigenvalue weighted by Gasteiger charge is 3.13. The monoisotopic (exact) mass is 2050 g/mol. The molecule has 0 bridgehead atoms. The van der Waals surface area contributed by atoms with Crippen LogP contribution in [0.3, 0.4) is 0 Å². The number of rotatable bonds is 34. The summed E-state index contributed by atoms with van der Waals surface area (Å²) in [6.45, 7) is 0. The Kier molecular flexibility index (Phi) is 26.6. The quantitative estimate of drug-likeness (QED) is 0.0584. The van der Waals surface area contributed by atoms with E-state index < -0.39 is 243 Å². The molecule has 0 saturated carbocycles. The minimum absolute atomic E-state index is 1.39. The van der Waals surface area contributed by atoms with E-state index in [2.05, 4.69) is 0 Å². The molecular formula is C40F82O. The van der Waals surface area contributed by atoms with Gasteiger partial charge in [-0.3, -0.25) is 0 Å². The summed E-state index contributed by atoms with van der Waals surface area (Å²) in [6, 6.07) is 0. The Morgan fingerprint density at radius 3 is 0.187 bits per heavy atom. The van der Waals surface area contributed by atoms with Crippen molar-refractivity contribution in [1.82, 2.24) is 0 Å². The number of alkyl halides is 82. The average molecular weight is 2050 g/mol. The van der Waals surface area contributed by atoms with Crippen molar-refractivity contribution >= 4 is 0 Å². The summed E-state index contributed by atoms with van der Waals surface area (Å²) < 4.78 is 1200. The zero-order valence-electron chi connectivity index (χ0n) is 51.4. The van der Waals surface area contributed by atoms with E-state index in [0.29, 0.717) is 0 Å². The normalized spacial score (nSPS) is 18.5. The molecule has 0 aromatic carbocycles. The first-order valence-electron chi connectivity index (χ1n) is 25.4. The van der Waals surface area contributed by atoms with Crippen LogP contribution in [-0.4, -0.2) is 238 Å². The summed E-state index contributed by atoms with van der Waals surface area (Å²) >= 11 is 0. The lowest BCUT2D eigenvalue weighted by Crippen LogP contribution is -2.93. The fourth-order valence-corrected chi connectivity index (χ4v) is 8.13. The highest BCUT2D eigenvalue weighted by molar-refractivity contribution is 5.36. The maximum atomic E-state index is 16.8. The van der Waals surface area contributed by atoms with E-state index >= 15 is 140 Å². The van der Waals surface area contributed by atoms with Gasteiger partial charge in [0.15, 0.2) is 0 Å². The molecule has 0 fully saturated rings. The predicted octanol–water partition coefficient (Wildman–Crippen LogP) is 26.2. The van der Waals surface area contributed by atoms with Crippen LogP contribution >= 0.6 is 0 Å². The van der Waals surface area contributed by atoms with Gasteiger partial charge >= 0.3 is 227 Å². The molecule has 0 aromatic heterocycles. The molecule has 0 heterocycles. The van der Waals surface area contributed by atoms with Crippen molar-refractivity contribution in [2.24, 2.45) is 0 Å². The van der Waals surface area contributed by atoms with Gasteiger partial charge in [0.05, 0.1) is 0 Å². The summed E-state index contributed by atoms with van der Waals surface area (Å²) in [6.07, 6.45) is -63.4. The second-order valence-corrected chi connectivity index (χ2v) is 22.8. The zero-order valence-corrected chi connectivity index (χ0v) is 51.4. The van der Waals surface area contributed by atoms with E-state index in [9.17, 15) is 220 Å². The molecule has 123 heavy (non-hydrogen) atoms. The van der Waals surface area contributed by atoms with Crippen LogP contribution in [0.4, 0.5) is 360 Å². The van der Waals surface area contributed by atoms with Gasteiger partial charge in [-0.25, -0.2) is 0 Å². The van der Waals surface area contributed by atoms with Crippen molar-refractivity contribution in [2.75, 3.05) is 0 Å². The molecule has 0 rings (SSSR count). The molecule has 2 unspecified atom stereocenters. The third kappa shape index (κ3) is 12.9. The van der Waals surface area contributed by atoms with Crippen LogP contribution in [-0.2, 0) is 4.74 Å². The van der Waals surface area contributed by atoms with Crippen LogP contribution < -0.4 is 0 Å². The highest BCUT2D eigenvalue weighted by atomic mass is 19.5. The number of hydrogen-bond acceptors (Lipinski definition) is 1. The smallest absolute Gasteiger partial charge is 0.332 e. The summed E-state index contributed by atoms with van der Waals surface area (Å²) in [4.78, 5) is 0. The summed E-state index contributed by atoms with van der Waals surface area (Å²) in [5.74, 6) is -398. The van der Waals surface area contributed by atoms with E-state index in [-0.39, 0.29) is 0 Å². The Bertz CT molecular complexity index is 3510. The van der Waals surface area contributed by atoms with E-state index in [4.69, 9.17) is 0 Å². The van der Waals surface area contributed by atoms with Crippen molar-refractivity contribution in [3.63, 3.8) is 0 Å². The van der Waals surface area contributed by atoms with Crippen molar-refractivity contribution in [3.8, 4) is 0 Å². The van der Waals surface area contributed by atoms with E-state index in [1.54, 1.807) is 0 Å². The number of halogens is 82. The molecule has 0 aliphatic carbocycles. The summed E-state index contributed by atoms with van der Waals surface area (Å²) in [5.41, 5.74) is -30.9. The van der Waals surface area contributed by atoms with Crippen LogP contribution in [0.2, 0.25) is 0 Å². The maximum absolute atomic E-state index is 16.8. The van der Waals surface area contributed by atoms with Gasteiger partial charge < -0.3 is 4.74 Å². The molecular weight excluding hydrogens is 2050 g/mol. The number of ether oxygens (including phenoxy) is 1. The molecule has 1 nitrogen and oxygen atoms in total. The van der Waals surface area contributed by atoms with E-state index in [0.717, 1.165) is 0 Å². The van der Waals surface area contributed by atoms with Crippen LogP contribution in [0.25, 0.3) is 0 Å². The fraction of sp³-hybridized carbons (Fsp3) is 1.00. The minimum Gasteiger partial charge on any atom is -0.332 e. The highest BCUT2D eigenvalue weighted by Crippen LogP contribution is 2.81. The molecule has 0 spiro atoms. The van der Waals surface area contributed by atoms with Crippen molar-refractivity contribution in [1.29, 1.82) is 0 Å². The van der Waals surface area contributed by atoms with E-state index in [1.165, 1.54) is 0 Å². The third-order valence-corrected chi connectivity index (χ3v) is 15.3. The Morgan fingerprint density at radius 2 is 0.122 bits per heavy atom. The second-order valence-electron chi connectivity index (χ2n) is 22.8. The number of hydrogen-bond donors (Lipinski definition) is 0. The first kappa shape index (κ1) is 117. The predicted molar refractivity (Wildman–Crippen MR) is 201 cm³/mol. The van der Waals surface area contributed by atoms with Gasteiger partial charge in [-0.05, 0) is 0 Å². The third-order valence-electron chi connectivity index (χ3n) is 15.3. The van der Waals surface area contributed by atoms with Gasteiger partial charge in [0.2, 0.25) is 0 Å². The first-order valence-corrected chi connectivity index (χ1v) is 25.4. The SMILES string of the molecule is FC(F)(F)C(F)(F)C(F)(F)C(F)(F)C(F)(F)C(F)(F)C(F)(F)C(F)(F)C(F)(F)C(F)(F)C(OC(C(F)(F)C(F)(F)F)(C(F)(F)C(F)(F)C(F)(F)C(F)(F)C(F)(F)C(F)(F)C(F)(F)F)C(F)(F)C(F)(F)C(F)(F)C(F)(F)C(F)(F)C(F)(F)C(F)(F)C(F)(F)C(F)(F)C(F)(F)F)(C(F)(F)C(F)(F)F)C(F)(F)C(F)(F)C(F)(F)C(F)(F)C(F)(F)C(F)(F)C(F)(F)F. The van der Waals surface area contributed by atoms with Gasteiger partial charge in [-0.1, -0.05) is 0 Å². The molecule has 0 saturated heterocycles. The Labute approximate surface area is 604 Å².